The predicted molar refractivity (Wildman–Crippen MR) is 49.7 cm³/mol. The summed E-state index contributed by atoms with van der Waals surface area (Å²) >= 11 is 0.954. The number of hydrogen-bond donors (Lipinski definition) is 1. The Morgan fingerprint density at radius 2 is 2.23 bits per heavy atom. The maximum absolute atomic E-state index is 12.6. The molecule has 0 saturated heterocycles. The molecule has 2 rings (SSSR count). The van der Waals surface area contributed by atoms with Crippen LogP contribution in [0.4, 0.5) is 10.2 Å². The fraction of sp³-hybridized carbons (Fsp3) is 0. The lowest BCUT2D eigenvalue weighted by atomic mass is 10.3. The summed E-state index contributed by atoms with van der Waals surface area (Å²) in [6.07, 6.45) is 1.17. The SMILES string of the molecule is Nc1cccc(-c2ncc(F)s2)n1. The van der Waals surface area contributed by atoms with Crippen molar-refractivity contribution in [2.45, 2.75) is 0 Å². The van der Waals surface area contributed by atoms with E-state index < -0.39 is 0 Å². The maximum Gasteiger partial charge on any atom is 0.196 e. The summed E-state index contributed by atoms with van der Waals surface area (Å²) in [4.78, 5) is 7.87. The van der Waals surface area contributed by atoms with Gasteiger partial charge in [-0.3, -0.25) is 0 Å². The Labute approximate surface area is 78.1 Å². The summed E-state index contributed by atoms with van der Waals surface area (Å²) in [5.41, 5.74) is 6.08. The minimum atomic E-state index is -0.320. The van der Waals surface area contributed by atoms with Crippen molar-refractivity contribution < 1.29 is 4.39 Å². The quantitative estimate of drug-likeness (QED) is 0.756. The molecule has 0 aliphatic carbocycles. The van der Waals surface area contributed by atoms with Gasteiger partial charge in [0, 0.05) is 0 Å². The van der Waals surface area contributed by atoms with E-state index in [1.807, 2.05) is 0 Å². The third-order valence-corrected chi connectivity index (χ3v) is 2.28. The van der Waals surface area contributed by atoms with E-state index in [-0.39, 0.29) is 5.13 Å². The van der Waals surface area contributed by atoms with Crippen LogP contribution in [0.3, 0.4) is 0 Å². The van der Waals surface area contributed by atoms with Crippen LogP contribution < -0.4 is 5.73 Å². The van der Waals surface area contributed by atoms with Gasteiger partial charge in [-0.2, -0.15) is 4.39 Å². The zero-order valence-electron chi connectivity index (χ0n) is 6.57. The van der Waals surface area contributed by atoms with Crippen molar-refractivity contribution in [3.63, 3.8) is 0 Å². The minimum Gasteiger partial charge on any atom is -0.384 e. The molecule has 3 nitrogen and oxygen atoms in total. The molecule has 0 amide bonds. The van der Waals surface area contributed by atoms with E-state index in [1.165, 1.54) is 6.20 Å². The van der Waals surface area contributed by atoms with Gasteiger partial charge in [-0.25, -0.2) is 9.97 Å². The van der Waals surface area contributed by atoms with Crippen molar-refractivity contribution in [2.75, 3.05) is 5.73 Å². The number of nitrogen functional groups attached to an aromatic ring is 1. The Hall–Kier alpha value is -1.49. The Morgan fingerprint density at radius 3 is 2.85 bits per heavy atom. The molecule has 0 aliphatic rings. The predicted octanol–water partition coefficient (Wildman–Crippen LogP) is 1.93. The molecule has 0 fully saturated rings. The second-order valence-electron chi connectivity index (χ2n) is 2.42. The summed E-state index contributed by atoms with van der Waals surface area (Å²) in [5, 5.41) is 0.226. The van der Waals surface area contributed by atoms with Gasteiger partial charge in [0.2, 0.25) is 0 Å². The second kappa shape index (κ2) is 3.10. The highest BCUT2D eigenvalue weighted by Gasteiger charge is 2.04. The zero-order chi connectivity index (χ0) is 9.26. The molecular weight excluding hydrogens is 189 g/mol. The van der Waals surface area contributed by atoms with Crippen molar-refractivity contribution >= 4 is 17.2 Å². The fourth-order valence-corrected chi connectivity index (χ4v) is 1.56. The lowest BCUT2D eigenvalue weighted by Crippen LogP contribution is -1.90. The van der Waals surface area contributed by atoms with E-state index in [2.05, 4.69) is 9.97 Å². The number of halogens is 1. The van der Waals surface area contributed by atoms with Crippen LogP contribution in [-0.2, 0) is 0 Å². The maximum atomic E-state index is 12.6. The van der Waals surface area contributed by atoms with Crippen LogP contribution in [0, 0.1) is 5.13 Å². The lowest BCUT2D eigenvalue weighted by Gasteiger charge is -1.95. The largest absolute Gasteiger partial charge is 0.384 e. The van der Waals surface area contributed by atoms with Crippen LogP contribution in [0.1, 0.15) is 0 Å². The Kier molecular flexibility index (Phi) is 1.94. The van der Waals surface area contributed by atoms with Crippen LogP contribution in [0.5, 0.6) is 0 Å². The van der Waals surface area contributed by atoms with Crippen molar-refractivity contribution in [1.82, 2.24) is 9.97 Å². The molecule has 2 aromatic heterocycles. The van der Waals surface area contributed by atoms with Crippen molar-refractivity contribution in [2.24, 2.45) is 0 Å². The highest BCUT2D eigenvalue weighted by Crippen LogP contribution is 2.22. The molecule has 0 spiro atoms. The van der Waals surface area contributed by atoms with Crippen LogP contribution >= 0.6 is 11.3 Å². The third kappa shape index (κ3) is 1.65. The van der Waals surface area contributed by atoms with E-state index in [0.717, 1.165) is 11.3 Å². The van der Waals surface area contributed by atoms with Gasteiger partial charge in [0.25, 0.3) is 0 Å². The first-order valence-electron chi connectivity index (χ1n) is 3.60. The lowest BCUT2D eigenvalue weighted by molar-refractivity contribution is 0.653. The van der Waals surface area contributed by atoms with Gasteiger partial charge in [0.05, 0.1) is 6.20 Å². The van der Waals surface area contributed by atoms with Crippen LogP contribution in [0.25, 0.3) is 10.7 Å². The molecule has 66 valence electrons. The molecule has 0 saturated carbocycles. The van der Waals surface area contributed by atoms with Gasteiger partial charge in [0.15, 0.2) is 5.13 Å². The van der Waals surface area contributed by atoms with Gasteiger partial charge < -0.3 is 5.73 Å². The first-order chi connectivity index (χ1) is 6.25. The van der Waals surface area contributed by atoms with Crippen molar-refractivity contribution in [3.05, 3.63) is 29.5 Å². The monoisotopic (exact) mass is 195 g/mol. The van der Waals surface area contributed by atoms with Crippen molar-refractivity contribution in [1.29, 1.82) is 0 Å². The van der Waals surface area contributed by atoms with E-state index in [4.69, 9.17) is 5.73 Å². The smallest absolute Gasteiger partial charge is 0.196 e. The fourth-order valence-electron chi connectivity index (χ4n) is 0.943. The van der Waals surface area contributed by atoms with Gasteiger partial charge in [-0.1, -0.05) is 17.4 Å². The van der Waals surface area contributed by atoms with Crippen LogP contribution in [-0.4, -0.2) is 9.97 Å². The summed E-state index contributed by atoms with van der Waals surface area (Å²) in [7, 11) is 0. The summed E-state index contributed by atoms with van der Waals surface area (Å²) < 4.78 is 12.6. The first kappa shape index (κ1) is 8.12. The van der Waals surface area contributed by atoms with E-state index >= 15 is 0 Å². The van der Waals surface area contributed by atoms with Crippen molar-refractivity contribution in [3.8, 4) is 10.7 Å². The minimum absolute atomic E-state index is 0.320. The Bertz CT molecular complexity index is 427. The number of hydrogen-bond acceptors (Lipinski definition) is 4. The average Bonchev–Trinajstić information content (AvgIpc) is 2.52. The second-order valence-corrected chi connectivity index (χ2v) is 3.40. The normalized spacial score (nSPS) is 10.2. The number of aromatic nitrogens is 2. The molecule has 2 aromatic rings. The number of nitrogens with zero attached hydrogens (tertiary/aromatic N) is 2. The standard InChI is InChI=1S/C8H6FN3S/c9-6-4-11-8(13-6)5-2-1-3-7(10)12-5/h1-4H,(H2,10,12). The third-order valence-electron chi connectivity index (χ3n) is 1.47. The molecular formula is C8H6FN3S. The first-order valence-corrected chi connectivity index (χ1v) is 4.41. The molecule has 2 N–H and O–H groups in total. The average molecular weight is 195 g/mol. The van der Waals surface area contributed by atoms with E-state index in [9.17, 15) is 4.39 Å². The number of nitrogens with two attached hydrogens (primary N) is 1. The number of rotatable bonds is 1. The van der Waals surface area contributed by atoms with Crippen LogP contribution in [0.2, 0.25) is 0 Å². The van der Waals surface area contributed by atoms with Gasteiger partial charge in [-0.05, 0) is 12.1 Å². The van der Waals surface area contributed by atoms with E-state index in [0.29, 0.717) is 16.5 Å². The van der Waals surface area contributed by atoms with Gasteiger partial charge in [-0.15, -0.1) is 0 Å². The molecule has 0 radical (unpaired) electrons. The molecule has 0 atom stereocenters. The summed E-state index contributed by atoms with van der Waals surface area (Å²) in [6.45, 7) is 0. The van der Waals surface area contributed by atoms with Gasteiger partial charge >= 0.3 is 0 Å². The molecule has 0 unspecified atom stereocenters. The molecule has 2 heterocycles. The highest BCUT2D eigenvalue weighted by molar-refractivity contribution is 7.13. The molecule has 0 bridgehead atoms. The zero-order valence-corrected chi connectivity index (χ0v) is 7.38. The summed E-state index contributed by atoms with van der Waals surface area (Å²) in [6, 6.07) is 5.18. The molecule has 5 heteroatoms. The topological polar surface area (TPSA) is 51.8 Å². The molecule has 13 heavy (non-hydrogen) atoms. The Morgan fingerprint density at radius 1 is 1.38 bits per heavy atom. The van der Waals surface area contributed by atoms with E-state index in [1.54, 1.807) is 18.2 Å². The highest BCUT2D eigenvalue weighted by atomic mass is 32.1. The number of anilines is 1. The Balaban J connectivity index is 2.46. The van der Waals surface area contributed by atoms with Gasteiger partial charge in [0.1, 0.15) is 16.5 Å². The molecule has 0 aliphatic heterocycles. The summed E-state index contributed by atoms with van der Waals surface area (Å²) in [5.74, 6) is 0.410. The number of thiazole rings is 1. The number of pyridine rings is 1. The molecule has 0 aromatic carbocycles. The van der Waals surface area contributed by atoms with Crippen LogP contribution in [0.15, 0.2) is 24.4 Å².